The summed E-state index contributed by atoms with van der Waals surface area (Å²) in [6.45, 7) is 0.612. The Bertz CT molecular complexity index is 1090. The van der Waals surface area contributed by atoms with Crippen LogP contribution in [0.5, 0.6) is 0 Å². The Morgan fingerprint density at radius 1 is 1.14 bits per heavy atom. The number of benzene rings is 2. The number of fused-ring (bicyclic) bond motifs is 1. The quantitative estimate of drug-likeness (QED) is 0.530. The van der Waals surface area contributed by atoms with Gasteiger partial charge in [-0.25, -0.2) is 8.78 Å². The van der Waals surface area contributed by atoms with E-state index in [9.17, 15) is 13.9 Å². The van der Waals surface area contributed by atoms with Gasteiger partial charge in [0.2, 0.25) is 0 Å². The summed E-state index contributed by atoms with van der Waals surface area (Å²) in [5.74, 6) is -1.24. The molecule has 0 aliphatic carbocycles. The Balaban J connectivity index is 1.47. The summed E-state index contributed by atoms with van der Waals surface area (Å²) in [6, 6.07) is 13.1. The van der Waals surface area contributed by atoms with Crippen LogP contribution in [0.25, 0.3) is 22.4 Å². The van der Waals surface area contributed by atoms with Crippen molar-refractivity contribution in [3.8, 4) is 11.5 Å². The van der Waals surface area contributed by atoms with E-state index in [1.807, 2.05) is 43.6 Å². The van der Waals surface area contributed by atoms with Crippen LogP contribution in [0.4, 0.5) is 8.78 Å². The minimum absolute atomic E-state index is 0.180. The topological polar surface area (TPSA) is 63.2 Å². The number of hydrogen-bond acceptors (Lipinski definition) is 4. The van der Waals surface area contributed by atoms with Crippen molar-refractivity contribution in [2.24, 2.45) is 7.05 Å². The first kappa shape index (κ1) is 18.3. The molecule has 0 unspecified atom stereocenters. The van der Waals surface area contributed by atoms with Gasteiger partial charge in [0.15, 0.2) is 17.4 Å². The van der Waals surface area contributed by atoms with Crippen LogP contribution < -0.4 is 5.32 Å². The van der Waals surface area contributed by atoms with Gasteiger partial charge in [0.1, 0.15) is 11.3 Å². The number of aliphatic hydroxyl groups excluding tert-OH is 1. The largest absolute Gasteiger partial charge is 0.454 e. The average molecular weight is 383 g/mol. The average Bonchev–Trinajstić information content (AvgIpc) is 3.26. The second kappa shape index (κ2) is 7.53. The molecule has 1 atom stereocenters. The van der Waals surface area contributed by atoms with Crippen molar-refractivity contribution < 1.29 is 18.3 Å². The zero-order valence-electron chi connectivity index (χ0n) is 15.2. The lowest BCUT2D eigenvalue weighted by molar-refractivity contribution is 0.173. The molecule has 0 spiro atoms. The Kier molecular flexibility index (Phi) is 4.93. The Morgan fingerprint density at radius 2 is 1.96 bits per heavy atom. The first-order chi connectivity index (χ1) is 13.5. The van der Waals surface area contributed by atoms with Crippen LogP contribution in [-0.2, 0) is 13.6 Å². The van der Waals surface area contributed by atoms with E-state index in [4.69, 9.17) is 4.42 Å². The maximum Gasteiger partial charge on any atom is 0.159 e. The Labute approximate surface area is 160 Å². The fourth-order valence-corrected chi connectivity index (χ4v) is 3.15. The number of aromatic nitrogens is 2. The highest BCUT2D eigenvalue weighted by Crippen LogP contribution is 2.29. The van der Waals surface area contributed by atoms with E-state index in [-0.39, 0.29) is 6.54 Å². The number of aliphatic hydroxyl groups is 1. The van der Waals surface area contributed by atoms with Gasteiger partial charge in [-0.2, -0.15) is 5.10 Å². The number of nitrogens with zero attached hydrogens (tertiary/aromatic N) is 2. The van der Waals surface area contributed by atoms with Gasteiger partial charge in [0.05, 0.1) is 6.10 Å². The summed E-state index contributed by atoms with van der Waals surface area (Å²) in [6.07, 6.45) is 0.917. The van der Waals surface area contributed by atoms with E-state index in [1.165, 1.54) is 6.07 Å². The zero-order chi connectivity index (χ0) is 19.7. The van der Waals surface area contributed by atoms with Crippen molar-refractivity contribution in [2.75, 3.05) is 6.54 Å². The van der Waals surface area contributed by atoms with Crippen LogP contribution >= 0.6 is 0 Å². The van der Waals surface area contributed by atoms with Gasteiger partial charge in [-0.3, -0.25) is 4.68 Å². The van der Waals surface area contributed by atoms with Crippen LogP contribution in [0, 0.1) is 11.6 Å². The van der Waals surface area contributed by atoms with Crippen molar-refractivity contribution in [1.82, 2.24) is 15.1 Å². The van der Waals surface area contributed by atoms with Crippen LogP contribution in [-0.4, -0.2) is 21.4 Å². The molecule has 0 fully saturated rings. The smallest absolute Gasteiger partial charge is 0.159 e. The fraction of sp³-hybridized carbons (Fsp3) is 0.190. The van der Waals surface area contributed by atoms with Gasteiger partial charge >= 0.3 is 0 Å². The van der Waals surface area contributed by atoms with Crippen LogP contribution in [0.15, 0.2) is 59.1 Å². The molecule has 7 heteroatoms. The van der Waals surface area contributed by atoms with Crippen molar-refractivity contribution in [2.45, 2.75) is 12.6 Å². The van der Waals surface area contributed by atoms with Crippen molar-refractivity contribution in [3.63, 3.8) is 0 Å². The van der Waals surface area contributed by atoms with Crippen LogP contribution in [0.2, 0.25) is 0 Å². The Morgan fingerprint density at radius 3 is 2.75 bits per heavy atom. The molecule has 2 N–H and O–H groups in total. The van der Waals surface area contributed by atoms with Crippen molar-refractivity contribution >= 4 is 11.0 Å². The number of hydrogen-bond donors (Lipinski definition) is 2. The molecule has 0 amide bonds. The maximum atomic E-state index is 13.3. The first-order valence-electron chi connectivity index (χ1n) is 8.86. The van der Waals surface area contributed by atoms with Gasteiger partial charge < -0.3 is 14.8 Å². The van der Waals surface area contributed by atoms with Gasteiger partial charge in [-0.1, -0.05) is 24.3 Å². The summed E-state index contributed by atoms with van der Waals surface area (Å²) in [4.78, 5) is 0. The number of rotatable bonds is 6. The minimum atomic E-state index is -0.976. The lowest BCUT2D eigenvalue weighted by Crippen LogP contribution is -2.21. The molecule has 5 nitrogen and oxygen atoms in total. The number of para-hydroxylation sites is 1. The zero-order valence-corrected chi connectivity index (χ0v) is 15.2. The minimum Gasteiger partial charge on any atom is -0.454 e. The summed E-state index contributed by atoms with van der Waals surface area (Å²) in [7, 11) is 1.83. The lowest BCUT2D eigenvalue weighted by atomic mass is 10.1. The Hall–Kier alpha value is -3.03. The fourth-order valence-electron chi connectivity index (χ4n) is 3.15. The normalized spacial score (nSPS) is 12.6. The van der Waals surface area contributed by atoms with E-state index in [2.05, 4.69) is 10.4 Å². The van der Waals surface area contributed by atoms with Gasteiger partial charge in [-0.05, 0) is 29.8 Å². The van der Waals surface area contributed by atoms with Crippen molar-refractivity contribution in [1.29, 1.82) is 0 Å². The highest BCUT2D eigenvalue weighted by Gasteiger charge is 2.16. The molecule has 2 aromatic heterocycles. The number of aryl methyl sites for hydroxylation is 1. The maximum absolute atomic E-state index is 13.3. The predicted molar refractivity (Wildman–Crippen MR) is 101 cm³/mol. The van der Waals surface area contributed by atoms with Crippen LogP contribution in [0.1, 0.15) is 17.2 Å². The highest BCUT2D eigenvalue weighted by atomic mass is 19.2. The van der Waals surface area contributed by atoms with Gasteiger partial charge in [0, 0.05) is 37.3 Å². The number of furan rings is 1. The number of nitrogens with one attached hydrogen (secondary N) is 1. The molecule has 0 aliphatic heterocycles. The standard InChI is InChI=1S/C21H19F2N3O2/c1-26-12-15(10-24-11-18(27)13-6-7-16(22)17(23)8-13)21(25-26)20-9-14-4-2-3-5-19(14)28-20/h2-9,12,18,24,27H,10-11H2,1H3/t18-/m1/s1. The second-order valence-electron chi connectivity index (χ2n) is 6.65. The first-order valence-corrected chi connectivity index (χ1v) is 8.86. The molecule has 0 saturated carbocycles. The monoisotopic (exact) mass is 383 g/mol. The van der Waals surface area contributed by atoms with E-state index < -0.39 is 17.7 Å². The third-order valence-electron chi connectivity index (χ3n) is 4.55. The second-order valence-corrected chi connectivity index (χ2v) is 6.65. The van der Waals surface area contributed by atoms with E-state index in [0.29, 0.717) is 23.6 Å². The molecule has 2 heterocycles. The summed E-state index contributed by atoms with van der Waals surface area (Å²) < 4.78 is 34.0. The summed E-state index contributed by atoms with van der Waals surface area (Å²) in [5.41, 5.74) is 2.72. The highest BCUT2D eigenvalue weighted by molar-refractivity contribution is 5.82. The molecule has 144 valence electrons. The molecule has 0 radical (unpaired) electrons. The third-order valence-corrected chi connectivity index (χ3v) is 4.55. The molecule has 0 bridgehead atoms. The molecule has 4 aromatic rings. The van der Waals surface area contributed by atoms with Gasteiger partial charge in [0.25, 0.3) is 0 Å². The van der Waals surface area contributed by atoms with Crippen molar-refractivity contribution in [3.05, 3.63) is 77.5 Å². The molecular formula is C21H19F2N3O2. The molecule has 28 heavy (non-hydrogen) atoms. The van der Waals surface area contributed by atoms with E-state index in [1.54, 1.807) is 4.68 Å². The summed E-state index contributed by atoms with van der Waals surface area (Å²) in [5, 5.41) is 18.8. The molecule has 2 aromatic carbocycles. The third kappa shape index (κ3) is 3.67. The SMILES string of the molecule is Cn1cc(CNC[C@@H](O)c2ccc(F)c(F)c2)c(-c2cc3ccccc3o2)n1. The van der Waals surface area contributed by atoms with Crippen LogP contribution in [0.3, 0.4) is 0 Å². The summed E-state index contributed by atoms with van der Waals surface area (Å²) >= 11 is 0. The van der Waals surface area contributed by atoms with E-state index in [0.717, 1.165) is 28.7 Å². The molecular weight excluding hydrogens is 364 g/mol. The number of halogens is 2. The van der Waals surface area contributed by atoms with E-state index >= 15 is 0 Å². The molecule has 4 rings (SSSR count). The molecule has 0 saturated heterocycles. The lowest BCUT2D eigenvalue weighted by Gasteiger charge is -2.12. The van der Waals surface area contributed by atoms with Gasteiger partial charge in [-0.15, -0.1) is 0 Å². The molecule has 0 aliphatic rings. The predicted octanol–water partition coefficient (Wildman–Crippen LogP) is 3.93.